The van der Waals surface area contributed by atoms with Crippen molar-refractivity contribution in [2.45, 2.75) is 26.3 Å². The topological polar surface area (TPSA) is 130 Å². The first-order valence-corrected chi connectivity index (χ1v) is 11.2. The smallest absolute Gasteiger partial charge is 0.330 e. The van der Waals surface area contributed by atoms with Gasteiger partial charge in [-0.3, -0.25) is 23.9 Å². The van der Waals surface area contributed by atoms with E-state index in [-0.39, 0.29) is 37.6 Å². The average Bonchev–Trinajstić information content (AvgIpc) is 2.82. The highest BCUT2D eigenvalue weighted by molar-refractivity contribution is 6.33. The first-order valence-electron chi connectivity index (χ1n) is 10.8. The van der Waals surface area contributed by atoms with Crippen LogP contribution in [0.3, 0.4) is 0 Å². The van der Waals surface area contributed by atoms with Crippen LogP contribution < -0.4 is 27.2 Å². The number of H-pyrrole nitrogens is 1. The van der Waals surface area contributed by atoms with Gasteiger partial charge in [0.1, 0.15) is 5.82 Å². The van der Waals surface area contributed by atoms with Crippen molar-refractivity contribution in [1.82, 2.24) is 14.9 Å². The van der Waals surface area contributed by atoms with Crippen LogP contribution in [-0.2, 0) is 11.3 Å². The number of nitrogens with one attached hydrogen (secondary N) is 2. The van der Waals surface area contributed by atoms with Gasteiger partial charge >= 0.3 is 5.69 Å². The molecule has 34 heavy (non-hydrogen) atoms. The minimum atomic E-state index is -0.742. The van der Waals surface area contributed by atoms with Crippen LogP contribution in [0.15, 0.2) is 64.2 Å². The number of nitrogens with two attached hydrogens (primary N) is 1. The molecule has 0 bridgehead atoms. The van der Waals surface area contributed by atoms with Crippen LogP contribution in [0.1, 0.15) is 35.7 Å². The van der Waals surface area contributed by atoms with Crippen LogP contribution in [-0.4, -0.2) is 34.5 Å². The summed E-state index contributed by atoms with van der Waals surface area (Å²) in [4.78, 5) is 54.0. The summed E-state index contributed by atoms with van der Waals surface area (Å²) in [6.45, 7) is 2.24. The molecule has 4 N–H and O–H groups in total. The molecular formula is C24H26ClN5O4. The third-order valence-electron chi connectivity index (χ3n) is 5.16. The molecule has 0 aliphatic rings. The van der Waals surface area contributed by atoms with Gasteiger partial charge in [-0.1, -0.05) is 61.0 Å². The molecule has 0 saturated heterocycles. The van der Waals surface area contributed by atoms with Crippen LogP contribution in [0, 0.1) is 0 Å². The Morgan fingerprint density at radius 2 is 1.76 bits per heavy atom. The molecule has 10 heteroatoms. The Hall–Kier alpha value is -3.85. The highest BCUT2D eigenvalue weighted by Crippen LogP contribution is 2.19. The minimum absolute atomic E-state index is 0.0323. The molecule has 1 aromatic heterocycles. The number of aromatic nitrogens is 2. The number of nitrogens with zero attached hydrogens (tertiary/aromatic N) is 2. The average molecular weight is 484 g/mol. The molecule has 1 heterocycles. The third-order valence-corrected chi connectivity index (χ3v) is 5.49. The second kappa shape index (κ2) is 11.3. The molecule has 0 radical (unpaired) electrons. The molecule has 3 rings (SSSR count). The Morgan fingerprint density at radius 1 is 1.09 bits per heavy atom. The summed E-state index contributed by atoms with van der Waals surface area (Å²) in [6, 6.07) is 15.7. The van der Waals surface area contributed by atoms with Gasteiger partial charge in [0, 0.05) is 19.5 Å². The maximum atomic E-state index is 13.0. The van der Waals surface area contributed by atoms with E-state index in [0.717, 1.165) is 5.56 Å². The number of halogens is 1. The molecule has 0 saturated carbocycles. The number of hydrogen-bond donors (Lipinski definition) is 3. The Balaban J connectivity index is 1.81. The van der Waals surface area contributed by atoms with Gasteiger partial charge in [-0.15, -0.1) is 0 Å². The van der Waals surface area contributed by atoms with Crippen LogP contribution in [0.2, 0.25) is 5.02 Å². The highest BCUT2D eigenvalue weighted by Gasteiger charge is 2.24. The molecule has 2 amide bonds. The van der Waals surface area contributed by atoms with Gasteiger partial charge in [-0.05, 0) is 24.1 Å². The maximum Gasteiger partial charge on any atom is 0.330 e. The summed E-state index contributed by atoms with van der Waals surface area (Å²) in [7, 11) is 0. The van der Waals surface area contributed by atoms with E-state index in [4.69, 9.17) is 17.3 Å². The number of aromatic amines is 1. The largest absolute Gasteiger partial charge is 0.383 e. The van der Waals surface area contributed by atoms with E-state index >= 15 is 0 Å². The molecule has 3 aromatic rings. The van der Waals surface area contributed by atoms with Crippen molar-refractivity contribution in [2.24, 2.45) is 0 Å². The first kappa shape index (κ1) is 24.8. The molecule has 0 aliphatic heterocycles. The number of carbonyl (C=O) groups is 2. The molecular weight excluding hydrogens is 458 g/mol. The fourth-order valence-corrected chi connectivity index (χ4v) is 3.73. The Morgan fingerprint density at radius 3 is 2.44 bits per heavy atom. The van der Waals surface area contributed by atoms with Crippen molar-refractivity contribution in [3.05, 3.63) is 91.6 Å². The van der Waals surface area contributed by atoms with Gasteiger partial charge in [0.05, 0.1) is 17.1 Å². The van der Waals surface area contributed by atoms with Gasteiger partial charge < -0.3 is 16.0 Å². The van der Waals surface area contributed by atoms with Crippen molar-refractivity contribution in [1.29, 1.82) is 0 Å². The summed E-state index contributed by atoms with van der Waals surface area (Å²) in [5.41, 5.74) is 5.86. The fraction of sp³-hybridized carbons (Fsp3) is 0.250. The summed E-state index contributed by atoms with van der Waals surface area (Å²) in [5, 5.41) is 2.96. The third kappa shape index (κ3) is 5.74. The highest BCUT2D eigenvalue weighted by atomic mass is 35.5. The number of rotatable bonds is 9. The van der Waals surface area contributed by atoms with Crippen molar-refractivity contribution >= 4 is 34.9 Å². The summed E-state index contributed by atoms with van der Waals surface area (Å²) in [6.07, 6.45) is 0.474. The van der Waals surface area contributed by atoms with Crippen LogP contribution in [0.4, 0.5) is 11.5 Å². The summed E-state index contributed by atoms with van der Waals surface area (Å²) in [5.74, 6) is -0.919. The SMILES string of the molecule is CCCN(C(=O)CCNC(=O)c1ccccc1Cl)c1c(N)n(Cc2ccccc2)c(=O)[nH]c1=O. The molecule has 0 fully saturated rings. The predicted octanol–water partition coefficient (Wildman–Crippen LogP) is 2.38. The van der Waals surface area contributed by atoms with Gasteiger partial charge in [-0.25, -0.2) is 4.79 Å². The van der Waals surface area contributed by atoms with Crippen LogP contribution >= 0.6 is 11.6 Å². The van der Waals surface area contributed by atoms with Crippen molar-refractivity contribution < 1.29 is 9.59 Å². The Kier molecular flexibility index (Phi) is 8.26. The zero-order valence-corrected chi connectivity index (χ0v) is 19.5. The van der Waals surface area contributed by atoms with E-state index in [1.807, 2.05) is 37.3 Å². The zero-order chi connectivity index (χ0) is 24.7. The predicted molar refractivity (Wildman–Crippen MR) is 132 cm³/mol. The lowest BCUT2D eigenvalue weighted by Crippen LogP contribution is -2.42. The van der Waals surface area contributed by atoms with E-state index in [1.165, 1.54) is 9.47 Å². The van der Waals surface area contributed by atoms with Gasteiger partial charge in [0.15, 0.2) is 5.69 Å². The lowest BCUT2D eigenvalue weighted by atomic mass is 10.2. The number of anilines is 2. The second-order valence-corrected chi connectivity index (χ2v) is 8.00. The van der Waals surface area contributed by atoms with Gasteiger partial charge in [0.25, 0.3) is 11.5 Å². The van der Waals surface area contributed by atoms with Crippen molar-refractivity contribution in [3.63, 3.8) is 0 Å². The normalized spacial score (nSPS) is 10.6. The monoisotopic (exact) mass is 483 g/mol. The molecule has 0 aliphatic carbocycles. The molecule has 0 spiro atoms. The van der Waals surface area contributed by atoms with E-state index in [0.29, 0.717) is 17.0 Å². The lowest BCUT2D eigenvalue weighted by Gasteiger charge is -2.24. The molecule has 2 aromatic carbocycles. The van der Waals surface area contributed by atoms with E-state index < -0.39 is 23.1 Å². The summed E-state index contributed by atoms with van der Waals surface area (Å²) >= 11 is 6.04. The maximum absolute atomic E-state index is 13.0. The standard InChI is InChI=1S/C24H26ClN5O4/c1-2-14-29(19(31)12-13-27-22(32)17-10-6-7-11-18(17)25)20-21(26)30(24(34)28-23(20)33)15-16-8-4-3-5-9-16/h3-11H,2,12-15,26H2,1H3,(H,27,32)(H,28,33,34). The second-order valence-electron chi connectivity index (χ2n) is 7.60. The zero-order valence-electron chi connectivity index (χ0n) is 18.7. The van der Waals surface area contributed by atoms with Crippen molar-refractivity contribution in [3.8, 4) is 0 Å². The quantitative estimate of drug-likeness (QED) is 0.430. The number of nitrogen functional groups attached to an aromatic ring is 1. The van der Waals surface area contributed by atoms with E-state index in [2.05, 4.69) is 10.3 Å². The Bertz CT molecular complexity index is 1290. The molecule has 0 unspecified atom stereocenters. The minimum Gasteiger partial charge on any atom is -0.383 e. The number of hydrogen-bond acceptors (Lipinski definition) is 5. The molecule has 0 atom stereocenters. The van der Waals surface area contributed by atoms with Crippen LogP contribution in [0.5, 0.6) is 0 Å². The molecule has 9 nitrogen and oxygen atoms in total. The number of benzene rings is 2. The van der Waals surface area contributed by atoms with E-state index in [1.54, 1.807) is 24.3 Å². The number of amides is 2. The van der Waals surface area contributed by atoms with Gasteiger partial charge in [-0.2, -0.15) is 0 Å². The lowest BCUT2D eigenvalue weighted by molar-refractivity contribution is -0.118. The molecule has 178 valence electrons. The Labute approximate surface area is 201 Å². The number of carbonyl (C=O) groups excluding carboxylic acids is 2. The fourth-order valence-electron chi connectivity index (χ4n) is 3.50. The first-order chi connectivity index (χ1) is 16.3. The van der Waals surface area contributed by atoms with Gasteiger partial charge in [0.2, 0.25) is 5.91 Å². The van der Waals surface area contributed by atoms with E-state index in [9.17, 15) is 19.2 Å². The van der Waals surface area contributed by atoms with Crippen molar-refractivity contribution in [2.75, 3.05) is 23.7 Å². The summed E-state index contributed by atoms with van der Waals surface area (Å²) < 4.78 is 1.22. The van der Waals surface area contributed by atoms with Crippen LogP contribution in [0.25, 0.3) is 0 Å².